The van der Waals surface area contributed by atoms with E-state index in [2.05, 4.69) is 30.6 Å². The fourth-order valence-corrected chi connectivity index (χ4v) is 4.79. The van der Waals surface area contributed by atoms with Crippen molar-refractivity contribution in [1.82, 2.24) is 19.9 Å². The van der Waals surface area contributed by atoms with Crippen molar-refractivity contribution in [3.05, 3.63) is 48.5 Å². The van der Waals surface area contributed by atoms with Crippen LogP contribution in [0, 0.1) is 0 Å². The average Bonchev–Trinajstić information content (AvgIpc) is 3.42. The van der Waals surface area contributed by atoms with Gasteiger partial charge in [-0.2, -0.15) is 0 Å². The minimum absolute atomic E-state index is 0.656. The molecule has 0 saturated carbocycles. The van der Waals surface area contributed by atoms with Gasteiger partial charge in [0.1, 0.15) is 0 Å². The largest absolute Gasteiger partial charge is 0.379 e. The number of para-hydroxylation sites is 4. The molecule has 0 atom stereocenters. The van der Waals surface area contributed by atoms with E-state index in [1.807, 2.05) is 70.1 Å². The van der Waals surface area contributed by atoms with Crippen molar-refractivity contribution in [1.29, 1.82) is 0 Å². The maximum absolute atomic E-state index is 5.67. The van der Waals surface area contributed by atoms with Gasteiger partial charge in [-0.1, -0.05) is 45.9 Å². The number of rotatable bonds is 15. The molecule has 0 radical (unpaired) electrons. The highest BCUT2D eigenvalue weighted by atomic mass is 33.1. The van der Waals surface area contributed by atoms with Crippen LogP contribution in [0.2, 0.25) is 0 Å². The Bertz CT molecular complexity index is 934. The van der Waals surface area contributed by atoms with Crippen LogP contribution in [0.1, 0.15) is 0 Å². The van der Waals surface area contributed by atoms with Crippen molar-refractivity contribution < 1.29 is 9.47 Å². The summed E-state index contributed by atoms with van der Waals surface area (Å²) >= 11 is 0. The van der Waals surface area contributed by atoms with Gasteiger partial charge in [-0.25, -0.2) is 9.97 Å². The molecule has 0 aliphatic heterocycles. The highest BCUT2D eigenvalue weighted by Crippen LogP contribution is 2.20. The Morgan fingerprint density at radius 1 is 0.656 bits per heavy atom. The summed E-state index contributed by atoms with van der Waals surface area (Å²) in [5.74, 6) is 3.49. The molecule has 0 amide bonds. The lowest BCUT2D eigenvalue weighted by Gasteiger charge is -2.06. The SMILES string of the molecule is c1ccc2[nH]c(NCCOCCSSCCOCCNc3nc4ccccc4[nH]3)nc2c1. The van der Waals surface area contributed by atoms with Crippen LogP contribution < -0.4 is 10.6 Å². The first-order valence-electron chi connectivity index (χ1n) is 10.7. The van der Waals surface area contributed by atoms with Crippen LogP contribution >= 0.6 is 21.6 Å². The smallest absolute Gasteiger partial charge is 0.201 e. The Morgan fingerprint density at radius 3 is 1.59 bits per heavy atom. The van der Waals surface area contributed by atoms with Gasteiger partial charge in [0.2, 0.25) is 11.9 Å². The minimum Gasteiger partial charge on any atom is -0.379 e. The second kappa shape index (κ2) is 12.6. The Hall–Kier alpha value is -2.40. The van der Waals surface area contributed by atoms with Crippen molar-refractivity contribution in [2.75, 3.05) is 61.7 Å². The molecule has 0 aliphatic carbocycles. The van der Waals surface area contributed by atoms with Crippen LogP contribution in [-0.2, 0) is 9.47 Å². The number of aromatic amines is 2. The summed E-state index contributed by atoms with van der Waals surface area (Å²) in [4.78, 5) is 15.5. The van der Waals surface area contributed by atoms with E-state index < -0.39 is 0 Å². The van der Waals surface area contributed by atoms with E-state index in [0.717, 1.165) is 71.8 Å². The Balaban J connectivity index is 0.931. The van der Waals surface area contributed by atoms with E-state index in [9.17, 15) is 0 Å². The van der Waals surface area contributed by atoms with Crippen molar-refractivity contribution in [3.8, 4) is 0 Å². The van der Waals surface area contributed by atoms with Gasteiger partial charge in [-0.05, 0) is 24.3 Å². The number of hydrogen-bond donors (Lipinski definition) is 4. The molecule has 4 rings (SSSR count). The van der Waals surface area contributed by atoms with E-state index >= 15 is 0 Å². The first-order chi connectivity index (χ1) is 15.9. The van der Waals surface area contributed by atoms with Crippen LogP contribution in [-0.4, -0.2) is 71.0 Å². The van der Waals surface area contributed by atoms with Gasteiger partial charge in [-0.15, -0.1) is 0 Å². The van der Waals surface area contributed by atoms with E-state index in [1.165, 1.54) is 0 Å². The molecule has 0 unspecified atom stereocenters. The van der Waals surface area contributed by atoms with Crippen molar-refractivity contribution in [3.63, 3.8) is 0 Å². The van der Waals surface area contributed by atoms with Gasteiger partial charge in [0.05, 0.1) is 48.5 Å². The van der Waals surface area contributed by atoms with Gasteiger partial charge >= 0.3 is 0 Å². The predicted octanol–water partition coefficient (Wildman–Crippen LogP) is 4.38. The number of anilines is 2. The molecule has 0 aliphatic rings. The number of aromatic nitrogens is 4. The predicted molar refractivity (Wildman–Crippen MR) is 136 cm³/mol. The number of ether oxygens (including phenoxy) is 2. The molecule has 4 N–H and O–H groups in total. The summed E-state index contributed by atoms with van der Waals surface area (Å²) in [5, 5.41) is 6.51. The summed E-state index contributed by atoms with van der Waals surface area (Å²) in [5.41, 5.74) is 4.01. The monoisotopic (exact) mass is 472 g/mol. The zero-order valence-corrected chi connectivity index (χ0v) is 19.4. The lowest BCUT2D eigenvalue weighted by atomic mass is 10.3. The number of hydrogen-bond acceptors (Lipinski definition) is 8. The Morgan fingerprint density at radius 2 is 1.12 bits per heavy atom. The number of imidazole rings is 2. The maximum Gasteiger partial charge on any atom is 0.201 e. The van der Waals surface area contributed by atoms with E-state index in [-0.39, 0.29) is 0 Å². The van der Waals surface area contributed by atoms with Gasteiger partial charge < -0.3 is 30.1 Å². The van der Waals surface area contributed by atoms with Gasteiger partial charge in [0.15, 0.2) is 0 Å². The minimum atomic E-state index is 0.656. The second-order valence-electron chi connectivity index (χ2n) is 6.93. The van der Waals surface area contributed by atoms with Gasteiger partial charge in [0, 0.05) is 24.6 Å². The summed E-state index contributed by atoms with van der Waals surface area (Å²) in [7, 11) is 3.63. The second-order valence-corrected chi connectivity index (χ2v) is 9.63. The maximum atomic E-state index is 5.67. The molecule has 2 heterocycles. The third-order valence-electron chi connectivity index (χ3n) is 4.56. The van der Waals surface area contributed by atoms with Crippen LogP contribution in [0.15, 0.2) is 48.5 Å². The third-order valence-corrected chi connectivity index (χ3v) is 6.90. The lowest BCUT2D eigenvalue weighted by molar-refractivity contribution is 0.160. The molecule has 2 aromatic carbocycles. The van der Waals surface area contributed by atoms with Crippen molar-refractivity contribution in [2.24, 2.45) is 0 Å². The number of benzene rings is 2. The van der Waals surface area contributed by atoms with Gasteiger partial charge in [-0.3, -0.25) is 0 Å². The van der Waals surface area contributed by atoms with Gasteiger partial charge in [0.25, 0.3) is 0 Å². The molecule has 10 heteroatoms. The van der Waals surface area contributed by atoms with E-state index in [0.29, 0.717) is 13.2 Å². The first kappa shape index (κ1) is 22.8. The lowest BCUT2D eigenvalue weighted by Crippen LogP contribution is -2.12. The van der Waals surface area contributed by atoms with Crippen LogP contribution in [0.5, 0.6) is 0 Å². The highest BCUT2D eigenvalue weighted by molar-refractivity contribution is 8.76. The third kappa shape index (κ3) is 7.06. The van der Waals surface area contributed by atoms with Crippen LogP contribution in [0.25, 0.3) is 22.1 Å². The Kier molecular flexibility index (Phi) is 8.96. The molecular formula is C22H28N6O2S2. The fourth-order valence-electron chi connectivity index (χ4n) is 3.06. The number of nitrogens with one attached hydrogen (secondary N) is 4. The molecule has 32 heavy (non-hydrogen) atoms. The fraction of sp³-hybridized carbons (Fsp3) is 0.364. The quantitative estimate of drug-likeness (QED) is 0.149. The average molecular weight is 473 g/mol. The molecule has 4 aromatic rings. The molecule has 2 aromatic heterocycles. The standard InChI is InChI=1S/C22H28N6O2S2/c1-2-6-18-17(5-1)25-21(26-18)23-9-11-29-13-15-31-32-16-14-30-12-10-24-22-27-19-7-3-4-8-20(19)28-22/h1-8H,9-16H2,(H2,23,25,26)(H2,24,27,28). The zero-order valence-electron chi connectivity index (χ0n) is 17.8. The van der Waals surface area contributed by atoms with Crippen LogP contribution in [0.3, 0.4) is 0 Å². The van der Waals surface area contributed by atoms with Crippen molar-refractivity contribution in [2.45, 2.75) is 0 Å². The molecular weight excluding hydrogens is 444 g/mol. The number of fused-ring (bicyclic) bond motifs is 2. The summed E-state index contributed by atoms with van der Waals surface area (Å²) in [6.07, 6.45) is 0. The molecule has 0 bridgehead atoms. The molecule has 0 saturated heterocycles. The molecule has 8 nitrogen and oxygen atoms in total. The van der Waals surface area contributed by atoms with E-state index in [4.69, 9.17) is 9.47 Å². The molecule has 0 fully saturated rings. The topological polar surface area (TPSA) is 99.9 Å². The highest BCUT2D eigenvalue weighted by Gasteiger charge is 2.01. The summed E-state index contributed by atoms with van der Waals surface area (Å²) in [6.45, 7) is 4.25. The molecule has 170 valence electrons. The normalized spacial score (nSPS) is 11.4. The number of H-pyrrole nitrogens is 2. The zero-order chi connectivity index (χ0) is 21.8. The number of nitrogens with zero attached hydrogens (tertiary/aromatic N) is 2. The summed E-state index contributed by atoms with van der Waals surface area (Å²) in [6, 6.07) is 16.0. The van der Waals surface area contributed by atoms with E-state index in [1.54, 1.807) is 0 Å². The van der Waals surface area contributed by atoms with Crippen LogP contribution in [0.4, 0.5) is 11.9 Å². The first-order valence-corrected chi connectivity index (χ1v) is 13.1. The van der Waals surface area contributed by atoms with Crippen molar-refractivity contribution >= 4 is 55.6 Å². The Labute approximate surface area is 195 Å². The molecule has 0 spiro atoms. The summed E-state index contributed by atoms with van der Waals surface area (Å²) < 4.78 is 11.3.